The summed E-state index contributed by atoms with van der Waals surface area (Å²) in [6.07, 6.45) is 1.05. The van der Waals surface area contributed by atoms with Crippen molar-refractivity contribution in [1.29, 1.82) is 0 Å². The summed E-state index contributed by atoms with van der Waals surface area (Å²) in [5, 5.41) is 15.3. The standard InChI is InChI=1S/C19H26N2O2.2ClH/c22-13-12-20-10-5-11-21-15-18-8-4-9-19(14-18)23-16-17-6-2-1-3-7-17;;/h1-4,6-9,14,20-22H,5,10-13,15-16H2;2*1H. The van der Waals surface area contributed by atoms with Gasteiger partial charge in [-0.1, -0.05) is 42.5 Å². The van der Waals surface area contributed by atoms with Gasteiger partial charge in [-0.3, -0.25) is 0 Å². The fourth-order valence-electron chi connectivity index (χ4n) is 2.26. The minimum absolute atomic E-state index is 0. The molecule has 0 radical (unpaired) electrons. The van der Waals surface area contributed by atoms with Crippen molar-refractivity contribution >= 4 is 24.8 Å². The first kappa shape index (κ1) is 23.7. The van der Waals surface area contributed by atoms with Crippen molar-refractivity contribution in [2.75, 3.05) is 26.2 Å². The van der Waals surface area contributed by atoms with Gasteiger partial charge in [-0.2, -0.15) is 0 Å². The number of halogens is 2. The van der Waals surface area contributed by atoms with Crippen molar-refractivity contribution in [3.8, 4) is 5.75 Å². The topological polar surface area (TPSA) is 53.5 Å². The largest absolute Gasteiger partial charge is 0.489 e. The Balaban J connectivity index is 0.00000288. The van der Waals surface area contributed by atoms with Crippen LogP contribution in [0.4, 0.5) is 0 Å². The monoisotopic (exact) mass is 386 g/mol. The molecule has 0 unspecified atom stereocenters. The molecule has 0 saturated heterocycles. The lowest BCUT2D eigenvalue weighted by atomic mass is 10.2. The SMILES string of the molecule is Cl.Cl.OCCNCCCNCc1cccc(OCc2ccccc2)c1. The van der Waals surface area contributed by atoms with Gasteiger partial charge in [0.2, 0.25) is 0 Å². The number of aliphatic hydroxyl groups excluding tert-OH is 1. The lowest BCUT2D eigenvalue weighted by Gasteiger charge is -2.09. The highest BCUT2D eigenvalue weighted by molar-refractivity contribution is 5.85. The first-order chi connectivity index (χ1) is 11.4. The molecule has 0 aliphatic heterocycles. The molecule has 2 aromatic carbocycles. The van der Waals surface area contributed by atoms with Crippen LogP contribution in [-0.2, 0) is 13.2 Å². The van der Waals surface area contributed by atoms with Gasteiger partial charge >= 0.3 is 0 Å². The third-order valence-electron chi connectivity index (χ3n) is 3.47. The maximum Gasteiger partial charge on any atom is 0.120 e. The van der Waals surface area contributed by atoms with Crippen LogP contribution < -0.4 is 15.4 Å². The van der Waals surface area contributed by atoms with E-state index in [1.807, 2.05) is 30.3 Å². The van der Waals surface area contributed by atoms with E-state index in [2.05, 4.69) is 34.9 Å². The van der Waals surface area contributed by atoms with E-state index < -0.39 is 0 Å². The number of rotatable bonds is 11. The number of ether oxygens (including phenoxy) is 1. The van der Waals surface area contributed by atoms with Crippen LogP contribution in [-0.4, -0.2) is 31.3 Å². The maximum atomic E-state index is 8.67. The Hall–Kier alpha value is -1.30. The summed E-state index contributed by atoms with van der Waals surface area (Å²) < 4.78 is 5.84. The van der Waals surface area contributed by atoms with E-state index in [0.717, 1.165) is 31.8 Å². The molecule has 6 heteroatoms. The normalized spacial score (nSPS) is 9.80. The van der Waals surface area contributed by atoms with Crippen LogP contribution in [0.1, 0.15) is 17.5 Å². The molecule has 0 heterocycles. The smallest absolute Gasteiger partial charge is 0.120 e. The summed E-state index contributed by atoms with van der Waals surface area (Å²) in [6, 6.07) is 18.4. The second kappa shape index (κ2) is 15.0. The van der Waals surface area contributed by atoms with E-state index >= 15 is 0 Å². The van der Waals surface area contributed by atoms with Gasteiger partial charge < -0.3 is 20.5 Å². The Labute approximate surface area is 162 Å². The van der Waals surface area contributed by atoms with Crippen molar-refractivity contribution in [3.05, 3.63) is 65.7 Å². The van der Waals surface area contributed by atoms with Crippen molar-refractivity contribution < 1.29 is 9.84 Å². The Morgan fingerprint density at radius 3 is 2.28 bits per heavy atom. The highest BCUT2D eigenvalue weighted by atomic mass is 35.5. The van der Waals surface area contributed by atoms with E-state index in [0.29, 0.717) is 13.2 Å². The molecular formula is C19H28Cl2N2O2. The molecule has 25 heavy (non-hydrogen) atoms. The highest BCUT2D eigenvalue weighted by Crippen LogP contribution is 2.15. The van der Waals surface area contributed by atoms with Crippen molar-refractivity contribution in [3.63, 3.8) is 0 Å². The second-order valence-corrected chi connectivity index (χ2v) is 5.43. The lowest BCUT2D eigenvalue weighted by molar-refractivity contribution is 0.292. The predicted octanol–water partition coefficient (Wildman–Crippen LogP) is 3.17. The third-order valence-corrected chi connectivity index (χ3v) is 3.47. The van der Waals surface area contributed by atoms with Gasteiger partial charge in [0.05, 0.1) is 6.61 Å². The first-order valence-corrected chi connectivity index (χ1v) is 8.16. The summed E-state index contributed by atoms with van der Waals surface area (Å²) >= 11 is 0. The highest BCUT2D eigenvalue weighted by Gasteiger charge is 1.98. The summed E-state index contributed by atoms with van der Waals surface area (Å²) in [5.41, 5.74) is 2.39. The molecule has 0 aromatic heterocycles. The molecule has 0 bridgehead atoms. The molecule has 0 aliphatic carbocycles. The summed E-state index contributed by atoms with van der Waals surface area (Å²) in [4.78, 5) is 0. The molecule has 0 fully saturated rings. The fourth-order valence-corrected chi connectivity index (χ4v) is 2.26. The first-order valence-electron chi connectivity index (χ1n) is 8.16. The molecule has 0 saturated carbocycles. The molecule has 0 spiro atoms. The van der Waals surface area contributed by atoms with Crippen LogP contribution in [0, 0.1) is 0 Å². The number of benzene rings is 2. The molecule has 140 valence electrons. The van der Waals surface area contributed by atoms with Gasteiger partial charge in [0, 0.05) is 13.1 Å². The van der Waals surface area contributed by atoms with Crippen LogP contribution in [0.3, 0.4) is 0 Å². The van der Waals surface area contributed by atoms with Crippen molar-refractivity contribution in [1.82, 2.24) is 10.6 Å². The molecular weight excluding hydrogens is 359 g/mol. The quantitative estimate of drug-likeness (QED) is 0.519. The van der Waals surface area contributed by atoms with Crippen LogP contribution in [0.2, 0.25) is 0 Å². The number of nitrogens with one attached hydrogen (secondary N) is 2. The maximum absolute atomic E-state index is 8.67. The second-order valence-electron chi connectivity index (χ2n) is 5.43. The zero-order valence-corrected chi connectivity index (χ0v) is 16.0. The molecule has 0 atom stereocenters. The van der Waals surface area contributed by atoms with Crippen molar-refractivity contribution in [2.24, 2.45) is 0 Å². The number of hydrogen-bond acceptors (Lipinski definition) is 4. The van der Waals surface area contributed by atoms with Crippen LogP contribution in [0.5, 0.6) is 5.75 Å². The van der Waals surface area contributed by atoms with Crippen LogP contribution in [0.25, 0.3) is 0 Å². The Morgan fingerprint density at radius 1 is 0.800 bits per heavy atom. The van der Waals surface area contributed by atoms with Gasteiger partial charge in [0.1, 0.15) is 12.4 Å². The van der Waals surface area contributed by atoms with Gasteiger partial charge in [0.15, 0.2) is 0 Å². The Bertz CT molecular complexity index is 556. The van der Waals surface area contributed by atoms with Gasteiger partial charge in [-0.05, 0) is 42.8 Å². The molecule has 3 N–H and O–H groups in total. The van der Waals surface area contributed by atoms with Gasteiger partial charge in [-0.15, -0.1) is 24.8 Å². The predicted molar refractivity (Wildman–Crippen MR) is 108 cm³/mol. The van der Waals surface area contributed by atoms with E-state index in [1.54, 1.807) is 0 Å². The minimum atomic E-state index is 0. The molecule has 2 aromatic rings. The fraction of sp³-hybridized carbons (Fsp3) is 0.368. The number of hydrogen-bond donors (Lipinski definition) is 3. The third kappa shape index (κ3) is 10.3. The van der Waals surface area contributed by atoms with Gasteiger partial charge in [-0.25, -0.2) is 0 Å². The molecule has 0 amide bonds. The Morgan fingerprint density at radius 2 is 1.52 bits per heavy atom. The van der Waals surface area contributed by atoms with Crippen molar-refractivity contribution in [2.45, 2.75) is 19.6 Å². The molecule has 4 nitrogen and oxygen atoms in total. The van der Waals surface area contributed by atoms with E-state index in [9.17, 15) is 0 Å². The van der Waals surface area contributed by atoms with E-state index in [4.69, 9.17) is 9.84 Å². The zero-order valence-electron chi connectivity index (χ0n) is 14.3. The average Bonchev–Trinajstić information content (AvgIpc) is 2.60. The lowest BCUT2D eigenvalue weighted by Crippen LogP contribution is -2.23. The van der Waals surface area contributed by atoms with Gasteiger partial charge in [0.25, 0.3) is 0 Å². The van der Waals surface area contributed by atoms with E-state index in [-0.39, 0.29) is 31.4 Å². The average molecular weight is 387 g/mol. The summed E-state index contributed by atoms with van der Waals surface area (Å²) in [7, 11) is 0. The molecule has 0 aliphatic rings. The van der Waals surface area contributed by atoms with E-state index in [1.165, 1.54) is 11.1 Å². The Kier molecular flexibility index (Phi) is 14.2. The summed E-state index contributed by atoms with van der Waals surface area (Å²) in [6.45, 7) is 4.17. The summed E-state index contributed by atoms with van der Waals surface area (Å²) in [5.74, 6) is 0.901. The minimum Gasteiger partial charge on any atom is -0.489 e. The number of aliphatic hydroxyl groups is 1. The van der Waals surface area contributed by atoms with Crippen LogP contribution in [0.15, 0.2) is 54.6 Å². The zero-order chi connectivity index (χ0) is 16.2. The molecule has 2 rings (SSSR count). The van der Waals surface area contributed by atoms with Crippen LogP contribution >= 0.6 is 24.8 Å².